The number of rotatable bonds is 15. The average molecular weight is 330 g/mol. The molecule has 3 atom stereocenters. The lowest BCUT2D eigenvalue weighted by molar-refractivity contribution is -0.137. The quantitative estimate of drug-likeness (QED) is 0.273. The summed E-state index contributed by atoms with van der Waals surface area (Å²) in [6.07, 6.45) is 9.60. The molecule has 136 valence electrons. The van der Waals surface area contributed by atoms with Crippen LogP contribution in [-0.2, 0) is 4.79 Å². The fourth-order valence-electron chi connectivity index (χ4n) is 2.40. The first-order chi connectivity index (χ1) is 11.0. The topological polar surface area (TPSA) is 98.0 Å². The van der Waals surface area contributed by atoms with Crippen LogP contribution in [0.25, 0.3) is 0 Å². The van der Waals surface area contributed by atoms with Crippen LogP contribution >= 0.6 is 0 Å². The molecule has 0 aromatic rings. The molecule has 0 heterocycles. The third-order valence-corrected chi connectivity index (χ3v) is 3.92. The summed E-state index contributed by atoms with van der Waals surface area (Å²) in [6, 6.07) is 0. The van der Waals surface area contributed by atoms with Gasteiger partial charge in [-0.25, -0.2) is 0 Å². The number of carbonyl (C=O) groups is 1. The van der Waals surface area contributed by atoms with Crippen molar-refractivity contribution in [1.29, 1.82) is 0 Å². The first-order valence-electron chi connectivity index (χ1n) is 8.91. The zero-order valence-corrected chi connectivity index (χ0v) is 14.4. The SMILES string of the molecule is CCCCCCCCC(O)/C=C/C(O)C(O)CCCCC(=O)O. The van der Waals surface area contributed by atoms with Crippen molar-refractivity contribution in [2.45, 2.75) is 95.9 Å². The van der Waals surface area contributed by atoms with E-state index in [1.165, 1.54) is 37.8 Å². The lowest BCUT2D eigenvalue weighted by atomic mass is 10.0. The molecule has 0 aliphatic rings. The number of aliphatic carboxylic acids is 1. The molecule has 0 saturated carbocycles. The number of carboxylic acids is 1. The summed E-state index contributed by atoms with van der Waals surface area (Å²) in [5.41, 5.74) is 0. The first-order valence-corrected chi connectivity index (χ1v) is 8.91. The molecule has 0 saturated heterocycles. The molecule has 3 unspecified atom stereocenters. The fourth-order valence-corrected chi connectivity index (χ4v) is 2.40. The van der Waals surface area contributed by atoms with Gasteiger partial charge < -0.3 is 20.4 Å². The van der Waals surface area contributed by atoms with E-state index < -0.39 is 24.3 Å². The molecule has 4 N–H and O–H groups in total. The lowest BCUT2D eigenvalue weighted by Gasteiger charge is -2.14. The molecular formula is C18H34O5. The molecule has 0 fully saturated rings. The van der Waals surface area contributed by atoms with E-state index in [4.69, 9.17) is 5.11 Å². The number of carboxylic acid groups (broad SMARTS) is 1. The maximum atomic E-state index is 10.4. The lowest BCUT2D eigenvalue weighted by Crippen LogP contribution is -2.24. The second-order valence-corrected chi connectivity index (χ2v) is 6.21. The van der Waals surface area contributed by atoms with Gasteiger partial charge in [0.25, 0.3) is 0 Å². The van der Waals surface area contributed by atoms with E-state index in [0.717, 1.165) is 12.8 Å². The van der Waals surface area contributed by atoms with Crippen molar-refractivity contribution in [1.82, 2.24) is 0 Å². The number of hydrogen-bond donors (Lipinski definition) is 4. The summed E-state index contributed by atoms with van der Waals surface area (Å²) < 4.78 is 0. The Balaban J connectivity index is 3.74. The van der Waals surface area contributed by atoms with Gasteiger partial charge in [-0.05, 0) is 19.3 Å². The Morgan fingerprint density at radius 1 is 0.870 bits per heavy atom. The van der Waals surface area contributed by atoms with Crippen LogP contribution in [0.15, 0.2) is 12.2 Å². The molecule has 5 heteroatoms. The Morgan fingerprint density at radius 3 is 2.13 bits per heavy atom. The highest BCUT2D eigenvalue weighted by atomic mass is 16.4. The van der Waals surface area contributed by atoms with Gasteiger partial charge in [0, 0.05) is 6.42 Å². The second kappa shape index (κ2) is 14.7. The van der Waals surface area contributed by atoms with Crippen LogP contribution in [0.4, 0.5) is 0 Å². The highest BCUT2D eigenvalue weighted by molar-refractivity contribution is 5.66. The zero-order valence-electron chi connectivity index (χ0n) is 14.4. The Labute approximate surface area is 140 Å². The number of hydrogen-bond acceptors (Lipinski definition) is 4. The molecule has 0 spiro atoms. The molecule has 0 radical (unpaired) electrons. The van der Waals surface area contributed by atoms with Crippen LogP contribution in [0.5, 0.6) is 0 Å². The number of unbranched alkanes of at least 4 members (excludes halogenated alkanes) is 6. The molecule has 5 nitrogen and oxygen atoms in total. The van der Waals surface area contributed by atoms with Gasteiger partial charge in [-0.15, -0.1) is 0 Å². The van der Waals surface area contributed by atoms with Crippen LogP contribution in [0.1, 0.15) is 77.6 Å². The van der Waals surface area contributed by atoms with Crippen LogP contribution < -0.4 is 0 Å². The van der Waals surface area contributed by atoms with Crippen molar-refractivity contribution in [3.63, 3.8) is 0 Å². The van der Waals surface area contributed by atoms with Gasteiger partial charge >= 0.3 is 5.97 Å². The minimum absolute atomic E-state index is 0.0790. The second-order valence-electron chi connectivity index (χ2n) is 6.21. The molecule has 0 amide bonds. The minimum atomic E-state index is -1.01. The van der Waals surface area contributed by atoms with Crippen molar-refractivity contribution < 1.29 is 25.2 Å². The van der Waals surface area contributed by atoms with Crippen molar-refractivity contribution in [3.05, 3.63) is 12.2 Å². The summed E-state index contributed by atoms with van der Waals surface area (Å²) in [7, 11) is 0. The third kappa shape index (κ3) is 14.4. The molecule has 23 heavy (non-hydrogen) atoms. The summed E-state index contributed by atoms with van der Waals surface area (Å²) >= 11 is 0. The average Bonchev–Trinajstić information content (AvgIpc) is 2.52. The Morgan fingerprint density at radius 2 is 1.48 bits per heavy atom. The Hall–Kier alpha value is -0.910. The van der Waals surface area contributed by atoms with Crippen LogP contribution in [0.2, 0.25) is 0 Å². The molecular weight excluding hydrogens is 296 g/mol. The van der Waals surface area contributed by atoms with Crippen molar-refractivity contribution >= 4 is 5.97 Å². The molecule has 0 aromatic heterocycles. The van der Waals surface area contributed by atoms with E-state index in [9.17, 15) is 20.1 Å². The maximum absolute atomic E-state index is 10.4. The molecule has 0 bridgehead atoms. The van der Waals surface area contributed by atoms with Crippen LogP contribution in [0, 0.1) is 0 Å². The fraction of sp³-hybridized carbons (Fsp3) is 0.833. The van der Waals surface area contributed by atoms with Gasteiger partial charge in [-0.2, -0.15) is 0 Å². The smallest absolute Gasteiger partial charge is 0.303 e. The summed E-state index contributed by atoms with van der Waals surface area (Å²) in [5, 5.41) is 37.9. The zero-order chi connectivity index (χ0) is 17.5. The summed E-state index contributed by atoms with van der Waals surface area (Å²) in [4.78, 5) is 10.4. The van der Waals surface area contributed by atoms with Crippen LogP contribution in [-0.4, -0.2) is 44.7 Å². The number of aliphatic hydroxyl groups is 3. The standard InChI is InChI=1S/C18H34O5/c1-2-3-4-5-6-7-10-15(19)13-14-17(21)16(20)11-8-9-12-18(22)23/h13-17,19-21H,2-12H2,1H3,(H,22,23)/b14-13+. The number of aliphatic hydroxyl groups excluding tert-OH is 3. The van der Waals surface area contributed by atoms with Gasteiger partial charge in [0.05, 0.1) is 18.3 Å². The van der Waals surface area contributed by atoms with Crippen molar-refractivity contribution in [2.75, 3.05) is 0 Å². The highest BCUT2D eigenvalue weighted by Crippen LogP contribution is 2.11. The predicted octanol–water partition coefficient (Wildman–Crippen LogP) is 3.02. The molecule has 0 aliphatic heterocycles. The van der Waals surface area contributed by atoms with Gasteiger partial charge in [-0.1, -0.05) is 64.0 Å². The Kier molecular flexibility index (Phi) is 14.1. The highest BCUT2D eigenvalue weighted by Gasteiger charge is 2.13. The van der Waals surface area contributed by atoms with E-state index in [0.29, 0.717) is 25.7 Å². The van der Waals surface area contributed by atoms with E-state index >= 15 is 0 Å². The monoisotopic (exact) mass is 330 g/mol. The van der Waals surface area contributed by atoms with Gasteiger partial charge in [0.1, 0.15) is 0 Å². The first kappa shape index (κ1) is 22.1. The summed E-state index contributed by atoms with van der Waals surface area (Å²) in [6.45, 7) is 2.18. The van der Waals surface area contributed by atoms with E-state index in [-0.39, 0.29) is 6.42 Å². The van der Waals surface area contributed by atoms with E-state index in [1.807, 2.05) is 0 Å². The van der Waals surface area contributed by atoms with E-state index in [2.05, 4.69) is 6.92 Å². The summed E-state index contributed by atoms with van der Waals surface area (Å²) in [5.74, 6) is -0.849. The van der Waals surface area contributed by atoms with Gasteiger partial charge in [0.2, 0.25) is 0 Å². The minimum Gasteiger partial charge on any atom is -0.481 e. The van der Waals surface area contributed by atoms with E-state index in [1.54, 1.807) is 0 Å². The normalized spacial score (nSPS) is 15.7. The molecule has 0 aliphatic carbocycles. The van der Waals surface area contributed by atoms with Crippen molar-refractivity contribution in [3.8, 4) is 0 Å². The van der Waals surface area contributed by atoms with Crippen molar-refractivity contribution in [2.24, 2.45) is 0 Å². The third-order valence-electron chi connectivity index (χ3n) is 3.92. The predicted molar refractivity (Wildman–Crippen MR) is 91.3 cm³/mol. The maximum Gasteiger partial charge on any atom is 0.303 e. The molecule has 0 aromatic carbocycles. The van der Waals surface area contributed by atoms with Gasteiger partial charge in [-0.3, -0.25) is 4.79 Å². The Bertz CT molecular complexity index is 317. The van der Waals surface area contributed by atoms with Gasteiger partial charge in [0.15, 0.2) is 0 Å². The molecule has 0 rings (SSSR count). The van der Waals surface area contributed by atoms with Crippen LogP contribution in [0.3, 0.4) is 0 Å². The largest absolute Gasteiger partial charge is 0.481 e.